The molecular weight excluding hydrogens is 807 g/mol. The summed E-state index contributed by atoms with van der Waals surface area (Å²) in [6, 6.07) is 80.8. The Kier molecular flexibility index (Phi) is 9.36. The van der Waals surface area contributed by atoms with Crippen LogP contribution in [-0.4, -0.2) is 9.97 Å². The molecule has 4 heteroatoms. The molecule has 0 unspecified atom stereocenters. The first-order valence-electron chi connectivity index (χ1n) is 22.2. The van der Waals surface area contributed by atoms with Crippen molar-refractivity contribution in [3.8, 4) is 67.3 Å². The Hall–Kier alpha value is -7.92. The summed E-state index contributed by atoms with van der Waals surface area (Å²) in [5.74, 6) is 0.714. The maximum absolute atomic E-state index is 5.14. The molecule has 308 valence electrons. The summed E-state index contributed by atoms with van der Waals surface area (Å²) in [5, 5.41) is 2.54. The van der Waals surface area contributed by atoms with Crippen LogP contribution in [0.25, 0.3) is 87.5 Å². The van der Waals surface area contributed by atoms with Crippen LogP contribution in [0.2, 0.25) is 0 Å². The summed E-state index contributed by atoms with van der Waals surface area (Å²) in [4.78, 5) is 12.6. The Morgan fingerprint density at radius 1 is 0.369 bits per heavy atom. The fourth-order valence-corrected chi connectivity index (χ4v) is 11.0. The summed E-state index contributed by atoms with van der Waals surface area (Å²) in [7, 11) is 0. The van der Waals surface area contributed by atoms with Crippen molar-refractivity contribution in [2.24, 2.45) is 0 Å². The molecule has 0 aliphatic heterocycles. The summed E-state index contributed by atoms with van der Waals surface area (Å²) in [5.41, 5.74) is 18.4. The van der Waals surface area contributed by atoms with Crippen molar-refractivity contribution in [1.29, 1.82) is 0 Å². The molecule has 1 aliphatic rings. The Morgan fingerprint density at radius 2 is 0.954 bits per heavy atom. The summed E-state index contributed by atoms with van der Waals surface area (Å²) in [6.07, 6.45) is 0. The zero-order chi connectivity index (χ0) is 43.5. The summed E-state index contributed by atoms with van der Waals surface area (Å²) < 4.78 is 2.54. The Labute approximate surface area is 383 Å². The highest BCUT2D eigenvalue weighted by molar-refractivity contribution is 7.26. The number of rotatable bonds is 8. The molecule has 12 rings (SSSR count). The minimum atomic E-state index is -0.0928. The van der Waals surface area contributed by atoms with E-state index in [2.05, 4.69) is 219 Å². The van der Waals surface area contributed by atoms with Crippen LogP contribution in [0.3, 0.4) is 0 Å². The van der Waals surface area contributed by atoms with E-state index in [0.717, 1.165) is 50.7 Å². The van der Waals surface area contributed by atoms with Gasteiger partial charge in [0, 0.05) is 59.3 Å². The van der Waals surface area contributed by atoms with Crippen LogP contribution < -0.4 is 4.90 Å². The molecule has 0 saturated carbocycles. The lowest BCUT2D eigenvalue weighted by Crippen LogP contribution is -2.16. The van der Waals surface area contributed by atoms with Gasteiger partial charge < -0.3 is 4.90 Å². The molecule has 0 atom stereocenters. The van der Waals surface area contributed by atoms with Crippen LogP contribution in [0.15, 0.2) is 224 Å². The molecular formula is C61H43N3S. The van der Waals surface area contributed by atoms with Crippen molar-refractivity contribution in [3.05, 3.63) is 236 Å². The third-order valence-electron chi connectivity index (χ3n) is 13.1. The van der Waals surface area contributed by atoms with Gasteiger partial charge in [0.25, 0.3) is 0 Å². The number of thiophene rings is 1. The minimum absolute atomic E-state index is 0.0928. The van der Waals surface area contributed by atoms with Gasteiger partial charge in [0.1, 0.15) is 0 Å². The lowest BCUT2D eigenvalue weighted by Gasteiger charge is -2.28. The van der Waals surface area contributed by atoms with Gasteiger partial charge in [-0.3, -0.25) is 0 Å². The van der Waals surface area contributed by atoms with Gasteiger partial charge in [-0.15, -0.1) is 11.3 Å². The standard InChI is InChI=1S/C61H43N3S/c1-61(2)53-29-13-12-27-50(53)51-34-32-48(38-54(51)61)64(46-24-10-5-11-25-46)47-26-15-21-42(36-47)43-31-33-52-58(37-43)65-57-30-16-28-49(59(52)57)44-22-14-23-45(35-44)56-39-55(40-17-6-3-7-18-40)62-60(63-56)41-19-8-4-9-20-41/h3-39H,1-2H3. The van der Waals surface area contributed by atoms with Crippen LogP contribution in [0, 0.1) is 0 Å². The van der Waals surface area contributed by atoms with Crippen LogP contribution >= 0.6 is 11.3 Å². The van der Waals surface area contributed by atoms with E-state index in [4.69, 9.17) is 9.97 Å². The number of aromatic nitrogens is 2. The van der Waals surface area contributed by atoms with Crippen LogP contribution in [0.5, 0.6) is 0 Å². The van der Waals surface area contributed by atoms with E-state index in [1.54, 1.807) is 0 Å². The highest BCUT2D eigenvalue weighted by atomic mass is 32.1. The lowest BCUT2D eigenvalue weighted by molar-refractivity contribution is 0.660. The van der Waals surface area contributed by atoms with Gasteiger partial charge in [0.05, 0.1) is 11.4 Å². The van der Waals surface area contributed by atoms with E-state index in [1.165, 1.54) is 59.1 Å². The first-order valence-corrected chi connectivity index (χ1v) is 23.0. The Balaban J connectivity index is 0.918. The molecule has 65 heavy (non-hydrogen) atoms. The smallest absolute Gasteiger partial charge is 0.160 e. The average molecular weight is 850 g/mol. The highest BCUT2D eigenvalue weighted by Gasteiger charge is 2.35. The predicted octanol–water partition coefficient (Wildman–Crippen LogP) is 17.0. The molecule has 1 aliphatic carbocycles. The fraction of sp³-hybridized carbons (Fsp3) is 0.0492. The maximum atomic E-state index is 5.14. The molecule has 0 bridgehead atoms. The van der Waals surface area contributed by atoms with E-state index in [0.29, 0.717) is 5.82 Å². The van der Waals surface area contributed by atoms with Gasteiger partial charge in [-0.25, -0.2) is 9.97 Å². The molecule has 2 heterocycles. The third-order valence-corrected chi connectivity index (χ3v) is 14.2. The van der Waals surface area contributed by atoms with Gasteiger partial charge in [-0.1, -0.05) is 178 Å². The van der Waals surface area contributed by atoms with Crippen molar-refractivity contribution in [1.82, 2.24) is 9.97 Å². The first kappa shape index (κ1) is 38.7. The van der Waals surface area contributed by atoms with Gasteiger partial charge in [0.2, 0.25) is 0 Å². The van der Waals surface area contributed by atoms with E-state index >= 15 is 0 Å². The molecule has 2 aromatic heterocycles. The molecule has 0 spiro atoms. The number of fused-ring (bicyclic) bond motifs is 6. The zero-order valence-corrected chi connectivity index (χ0v) is 36.9. The van der Waals surface area contributed by atoms with Crippen molar-refractivity contribution in [3.63, 3.8) is 0 Å². The number of anilines is 3. The third kappa shape index (κ3) is 6.82. The normalized spacial score (nSPS) is 12.6. The Morgan fingerprint density at radius 3 is 1.77 bits per heavy atom. The van der Waals surface area contributed by atoms with Gasteiger partial charge in [-0.05, 0) is 105 Å². The monoisotopic (exact) mass is 849 g/mol. The number of hydrogen-bond donors (Lipinski definition) is 0. The van der Waals surface area contributed by atoms with E-state index in [-0.39, 0.29) is 5.41 Å². The van der Waals surface area contributed by atoms with Gasteiger partial charge >= 0.3 is 0 Å². The second kappa shape index (κ2) is 15.7. The zero-order valence-electron chi connectivity index (χ0n) is 36.1. The summed E-state index contributed by atoms with van der Waals surface area (Å²) >= 11 is 1.86. The summed E-state index contributed by atoms with van der Waals surface area (Å²) in [6.45, 7) is 4.70. The van der Waals surface area contributed by atoms with Crippen LogP contribution in [-0.2, 0) is 5.41 Å². The van der Waals surface area contributed by atoms with E-state index in [9.17, 15) is 0 Å². The van der Waals surface area contributed by atoms with Gasteiger partial charge in [-0.2, -0.15) is 0 Å². The van der Waals surface area contributed by atoms with Crippen LogP contribution in [0.4, 0.5) is 17.1 Å². The lowest BCUT2D eigenvalue weighted by atomic mass is 9.82. The first-order chi connectivity index (χ1) is 32.0. The number of nitrogens with zero attached hydrogens (tertiary/aromatic N) is 3. The maximum Gasteiger partial charge on any atom is 0.160 e. The number of para-hydroxylation sites is 1. The molecule has 9 aromatic carbocycles. The van der Waals surface area contributed by atoms with Crippen LogP contribution in [0.1, 0.15) is 25.0 Å². The number of hydrogen-bond acceptors (Lipinski definition) is 4. The number of benzene rings is 9. The molecule has 3 nitrogen and oxygen atoms in total. The topological polar surface area (TPSA) is 29.0 Å². The quantitative estimate of drug-likeness (QED) is 0.153. The molecule has 0 saturated heterocycles. The largest absolute Gasteiger partial charge is 0.310 e. The molecule has 11 aromatic rings. The minimum Gasteiger partial charge on any atom is -0.310 e. The highest BCUT2D eigenvalue weighted by Crippen LogP contribution is 2.51. The SMILES string of the molecule is CC1(C)c2ccccc2-c2ccc(N(c3ccccc3)c3cccc(-c4ccc5c(c4)sc4cccc(-c6cccc(-c7cc(-c8ccccc8)nc(-c8ccccc8)n7)c6)c45)c3)cc21. The van der Waals surface area contributed by atoms with Crippen molar-refractivity contribution in [2.75, 3.05) is 4.90 Å². The van der Waals surface area contributed by atoms with Gasteiger partial charge in [0.15, 0.2) is 5.82 Å². The second-order valence-electron chi connectivity index (χ2n) is 17.4. The van der Waals surface area contributed by atoms with Crippen molar-refractivity contribution >= 4 is 48.6 Å². The predicted molar refractivity (Wildman–Crippen MR) is 274 cm³/mol. The Bertz CT molecular complexity index is 3520. The second-order valence-corrected chi connectivity index (χ2v) is 18.5. The molecule has 0 radical (unpaired) electrons. The molecule has 0 fully saturated rings. The van der Waals surface area contributed by atoms with E-state index in [1.807, 2.05) is 35.6 Å². The molecule has 0 amide bonds. The average Bonchev–Trinajstić information content (AvgIpc) is 3.86. The van der Waals surface area contributed by atoms with Crippen molar-refractivity contribution in [2.45, 2.75) is 19.3 Å². The van der Waals surface area contributed by atoms with Crippen molar-refractivity contribution < 1.29 is 0 Å². The molecule has 0 N–H and O–H groups in total. The fourth-order valence-electron chi connectivity index (χ4n) is 9.84. The van der Waals surface area contributed by atoms with E-state index < -0.39 is 0 Å².